The van der Waals surface area contributed by atoms with E-state index in [0.717, 1.165) is 10.8 Å². The molecule has 1 aliphatic rings. The number of fused-ring (bicyclic) bond motifs is 1. The molecule has 0 bridgehead atoms. The molecule has 1 saturated heterocycles. The number of benzene rings is 2. The second-order valence-corrected chi connectivity index (χ2v) is 6.68. The highest BCUT2D eigenvalue weighted by molar-refractivity contribution is 5.86. The number of carboxylic acid groups (broad SMARTS) is 1. The quantitative estimate of drug-likeness (QED) is 0.455. The zero-order valence-electron chi connectivity index (χ0n) is 14.8. The van der Waals surface area contributed by atoms with Gasteiger partial charge >= 0.3 is 11.9 Å². The number of aliphatic carboxylic acids is 1. The topological polar surface area (TPSA) is 154 Å². The molecule has 150 valence electrons. The Morgan fingerprint density at radius 2 is 1.64 bits per heavy atom. The fraction of sp³-hybridized carbons (Fsp3) is 0.368. The van der Waals surface area contributed by atoms with Crippen LogP contribution in [0.25, 0.3) is 10.8 Å². The number of phenols is 1. The van der Waals surface area contributed by atoms with Crippen molar-refractivity contribution in [1.82, 2.24) is 0 Å². The molecule has 0 aliphatic carbocycles. The number of carbonyl (C=O) groups excluding carboxylic acids is 1. The number of rotatable bonds is 4. The van der Waals surface area contributed by atoms with Crippen molar-refractivity contribution in [1.29, 1.82) is 0 Å². The lowest BCUT2D eigenvalue weighted by Gasteiger charge is -2.38. The lowest BCUT2D eigenvalue weighted by Crippen LogP contribution is -2.60. The number of carbonyl (C=O) groups is 2. The summed E-state index contributed by atoms with van der Waals surface area (Å²) in [6.07, 6.45) is -9.11. The van der Waals surface area contributed by atoms with Gasteiger partial charge in [-0.1, -0.05) is 24.3 Å². The maximum atomic E-state index is 12.5. The van der Waals surface area contributed by atoms with Crippen LogP contribution in [0.15, 0.2) is 36.4 Å². The minimum Gasteiger partial charge on any atom is -0.508 e. The third-order valence-electron chi connectivity index (χ3n) is 4.75. The van der Waals surface area contributed by atoms with Gasteiger partial charge in [-0.2, -0.15) is 0 Å². The number of carboxylic acids is 1. The average molecular weight is 392 g/mol. The maximum Gasteiger partial charge on any atom is 0.335 e. The first-order valence-electron chi connectivity index (χ1n) is 8.54. The molecule has 1 aliphatic heterocycles. The van der Waals surface area contributed by atoms with Gasteiger partial charge in [0.25, 0.3) is 0 Å². The predicted octanol–water partition coefficient (Wildman–Crippen LogP) is 0.0843. The standard InChI is InChI=1S/C19H20O9/c1-8(9-2-3-11-7-12(20)5-4-10(11)6-9)18(26)28-19-15(23)13(21)14(22)16(27-19)17(24)25/h2-8,13-16,19-23H,1H3,(H,24,25)/t8-,13-,14-,15+,16-,19?/m0/s1. The van der Waals surface area contributed by atoms with E-state index in [1.54, 1.807) is 37.3 Å². The first-order chi connectivity index (χ1) is 13.2. The molecule has 0 saturated carbocycles. The summed E-state index contributed by atoms with van der Waals surface area (Å²) in [6.45, 7) is 1.55. The van der Waals surface area contributed by atoms with Crippen LogP contribution in [0.5, 0.6) is 5.75 Å². The van der Waals surface area contributed by atoms with Crippen molar-refractivity contribution in [3.05, 3.63) is 42.0 Å². The van der Waals surface area contributed by atoms with Gasteiger partial charge in [-0.15, -0.1) is 0 Å². The van der Waals surface area contributed by atoms with Crippen LogP contribution in [0.2, 0.25) is 0 Å². The summed E-state index contributed by atoms with van der Waals surface area (Å²) in [5, 5.41) is 49.5. The van der Waals surface area contributed by atoms with Crippen LogP contribution in [0.3, 0.4) is 0 Å². The average Bonchev–Trinajstić information content (AvgIpc) is 2.66. The molecule has 6 atom stereocenters. The van der Waals surface area contributed by atoms with Gasteiger partial charge in [-0.25, -0.2) is 4.79 Å². The second-order valence-electron chi connectivity index (χ2n) is 6.68. The van der Waals surface area contributed by atoms with E-state index in [1.165, 1.54) is 6.07 Å². The smallest absolute Gasteiger partial charge is 0.335 e. The Balaban J connectivity index is 1.76. The zero-order chi connectivity index (χ0) is 20.6. The van der Waals surface area contributed by atoms with E-state index in [2.05, 4.69) is 0 Å². The Hall–Kier alpha value is -2.72. The number of esters is 1. The highest BCUT2D eigenvalue weighted by Crippen LogP contribution is 2.28. The molecule has 0 radical (unpaired) electrons. The van der Waals surface area contributed by atoms with Crippen LogP contribution >= 0.6 is 0 Å². The Bertz CT molecular complexity index is 896. The molecule has 0 aromatic heterocycles. The normalized spacial score (nSPS) is 28.6. The van der Waals surface area contributed by atoms with Gasteiger partial charge < -0.3 is 35.0 Å². The van der Waals surface area contributed by atoms with Gasteiger partial charge in [-0.3, -0.25) is 4.79 Å². The molecule has 3 rings (SSSR count). The first kappa shape index (κ1) is 20.0. The van der Waals surface area contributed by atoms with Crippen LogP contribution in [0.4, 0.5) is 0 Å². The van der Waals surface area contributed by atoms with Crippen molar-refractivity contribution in [2.24, 2.45) is 0 Å². The van der Waals surface area contributed by atoms with Crippen molar-refractivity contribution in [2.45, 2.75) is 43.5 Å². The summed E-state index contributed by atoms with van der Waals surface area (Å²) in [5.41, 5.74) is 0.587. The molecule has 5 N–H and O–H groups in total. The fourth-order valence-corrected chi connectivity index (χ4v) is 3.02. The molecule has 28 heavy (non-hydrogen) atoms. The SMILES string of the molecule is C[C@H](C(=O)OC1O[C@H](C(=O)O)[C@@H](O)[C@H](O)[C@H]1O)c1ccc2cc(O)ccc2c1. The van der Waals surface area contributed by atoms with Crippen LogP contribution in [0.1, 0.15) is 18.4 Å². The van der Waals surface area contributed by atoms with Gasteiger partial charge in [-0.05, 0) is 35.4 Å². The number of hydrogen-bond donors (Lipinski definition) is 5. The minimum atomic E-state index is -1.86. The minimum absolute atomic E-state index is 0.116. The van der Waals surface area contributed by atoms with E-state index in [1.807, 2.05) is 0 Å². The van der Waals surface area contributed by atoms with Crippen molar-refractivity contribution >= 4 is 22.7 Å². The van der Waals surface area contributed by atoms with E-state index < -0.39 is 48.6 Å². The predicted molar refractivity (Wildman–Crippen MR) is 94.4 cm³/mol. The number of aliphatic hydroxyl groups is 3. The second kappa shape index (κ2) is 7.72. The number of hydrogen-bond acceptors (Lipinski definition) is 8. The molecule has 1 unspecified atom stereocenters. The van der Waals surface area contributed by atoms with E-state index in [-0.39, 0.29) is 5.75 Å². The summed E-state index contributed by atoms with van der Waals surface area (Å²) in [6, 6.07) is 9.91. The summed E-state index contributed by atoms with van der Waals surface area (Å²) in [4.78, 5) is 23.6. The van der Waals surface area contributed by atoms with Crippen LogP contribution in [0, 0.1) is 0 Å². The zero-order valence-corrected chi connectivity index (χ0v) is 14.8. The number of aliphatic hydroxyl groups excluding tert-OH is 3. The third-order valence-corrected chi connectivity index (χ3v) is 4.75. The fourth-order valence-electron chi connectivity index (χ4n) is 3.02. The molecule has 9 nitrogen and oxygen atoms in total. The summed E-state index contributed by atoms with van der Waals surface area (Å²) in [5.74, 6) is -3.05. The lowest BCUT2D eigenvalue weighted by atomic mass is 9.97. The van der Waals surface area contributed by atoms with Gasteiger partial charge in [0.1, 0.15) is 24.1 Å². The monoisotopic (exact) mass is 392 g/mol. The van der Waals surface area contributed by atoms with Crippen LogP contribution < -0.4 is 0 Å². The Morgan fingerprint density at radius 3 is 2.32 bits per heavy atom. The number of phenolic OH excluding ortho intramolecular Hbond substituents is 1. The summed E-state index contributed by atoms with van der Waals surface area (Å²) < 4.78 is 10.0. The van der Waals surface area contributed by atoms with Gasteiger partial charge in [0, 0.05) is 0 Å². The van der Waals surface area contributed by atoms with Crippen molar-refractivity contribution in [3.63, 3.8) is 0 Å². The molecule has 9 heteroatoms. The number of ether oxygens (including phenoxy) is 2. The lowest BCUT2D eigenvalue weighted by molar-refractivity contribution is -0.286. The molecule has 0 spiro atoms. The van der Waals surface area contributed by atoms with Crippen LogP contribution in [-0.2, 0) is 19.1 Å². The molecule has 1 heterocycles. The largest absolute Gasteiger partial charge is 0.508 e. The van der Waals surface area contributed by atoms with Crippen molar-refractivity contribution < 1.29 is 44.6 Å². The Kier molecular flexibility index (Phi) is 5.52. The highest BCUT2D eigenvalue weighted by atomic mass is 16.7. The molecular formula is C19H20O9. The maximum absolute atomic E-state index is 12.5. The third kappa shape index (κ3) is 3.78. The first-order valence-corrected chi connectivity index (χ1v) is 8.54. The van der Waals surface area contributed by atoms with Crippen molar-refractivity contribution in [3.8, 4) is 5.75 Å². The molecular weight excluding hydrogens is 372 g/mol. The van der Waals surface area contributed by atoms with E-state index in [0.29, 0.717) is 5.56 Å². The van der Waals surface area contributed by atoms with Crippen molar-refractivity contribution in [2.75, 3.05) is 0 Å². The van der Waals surface area contributed by atoms with Crippen LogP contribution in [-0.4, -0.2) is 68.2 Å². The Morgan fingerprint density at radius 1 is 1.00 bits per heavy atom. The van der Waals surface area contributed by atoms with Gasteiger partial charge in [0.05, 0.1) is 5.92 Å². The van der Waals surface area contributed by atoms with E-state index >= 15 is 0 Å². The molecule has 0 amide bonds. The molecule has 1 fully saturated rings. The summed E-state index contributed by atoms with van der Waals surface area (Å²) >= 11 is 0. The summed E-state index contributed by atoms with van der Waals surface area (Å²) in [7, 11) is 0. The van der Waals surface area contributed by atoms with Gasteiger partial charge in [0.15, 0.2) is 6.10 Å². The number of aromatic hydroxyl groups is 1. The molecule has 2 aromatic carbocycles. The Labute approximate surface area is 159 Å². The van der Waals surface area contributed by atoms with Gasteiger partial charge in [0.2, 0.25) is 6.29 Å². The van der Waals surface area contributed by atoms with E-state index in [9.17, 15) is 30.0 Å². The highest BCUT2D eigenvalue weighted by Gasteiger charge is 2.48. The van der Waals surface area contributed by atoms with E-state index in [4.69, 9.17) is 14.6 Å². The molecule has 2 aromatic rings.